The van der Waals surface area contributed by atoms with Gasteiger partial charge in [0.15, 0.2) is 17.7 Å². The summed E-state index contributed by atoms with van der Waals surface area (Å²) in [6, 6.07) is 0. The molecule has 0 aliphatic carbocycles. The molecule has 0 radical (unpaired) electrons. The van der Waals surface area contributed by atoms with Crippen molar-refractivity contribution in [1.82, 2.24) is 30.2 Å². The number of allylic oxidation sites excluding steroid dienone is 2. The van der Waals surface area contributed by atoms with Crippen LogP contribution < -0.4 is 16.4 Å². The van der Waals surface area contributed by atoms with Crippen LogP contribution in [0.2, 0.25) is 0 Å². The van der Waals surface area contributed by atoms with Crippen molar-refractivity contribution in [2.45, 2.75) is 64.8 Å². The molecule has 28 heteroatoms. The summed E-state index contributed by atoms with van der Waals surface area (Å²) in [5, 5.41) is 26.4. The Hall–Kier alpha value is -2.70. The molecule has 0 spiro atoms. The van der Waals surface area contributed by atoms with E-state index in [0.29, 0.717) is 12.3 Å². The van der Waals surface area contributed by atoms with Crippen molar-refractivity contribution >= 4 is 70.7 Å². The number of hydrogen-bond acceptors (Lipinski definition) is 18. The number of carbonyl (C=O) groups is 3. The molecule has 1 saturated heterocycles. The normalized spacial score (nSPS) is 22.1. The Labute approximate surface area is 319 Å². The Morgan fingerprint density at radius 1 is 1.09 bits per heavy atom. The molecule has 2 unspecified atom stereocenters. The summed E-state index contributed by atoms with van der Waals surface area (Å²) in [7, 11) is -16.5. The molecule has 3 heterocycles. The Kier molecular flexibility index (Phi) is 16.3. The highest BCUT2D eigenvalue weighted by Gasteiger charge is 2.50. The van der Waals surface area contributed by atoms with Crippen molar-refractivity contribution in [2.24, 2.45) is 11.3 Å². The van der Waals surface area contributed by atoms with Gasteiger partial charge in [-0.25, -0.2) is 28.6 Å². The number of nitrogens with one attached hydrogen (secondary N) is 2. The van der Waals surface area contributed by atoms with E-state index in [-0.39, 0.29) is 47.6 Å². The second-order valence-corrected chi connectivity index (χ2v) is 17.6. The minimum absolute atomic E-state index is 0.00640. The van der Waals surface area contributed by atoms with Crippen LogP contribution in [-0.4, -0.2) is 123 Å². The number of aromatic nitrogens is 4. The number of nitrogens with zero attached hydrogens (tertiary/aromatic N) is 4. The van der Waals surface area contributed by atoms with Crippen LogP contribution in [0.3, 0.4) is 0 Å². The maximum absolute atomic E-state index is 12.7. The van der Waals surface area contributed by atoms with E-state index in [4.69, 9.17) is 19.5 Å². The number of fused-ring (bicyclic) bond motifs is 1. The van der Waals surface area contributed by atoms with Gasteiger partial charge in [-0.3, -0.25) is 32.5 Å². The van der Waals surface area contributed by atoms with Crippen LogP contribution in [0.1, 0.15) is 51.0 Å². The molecule has 3 rings (SSSR count). The van der Waals surface area contributed by atoms with E-state index in [2.05, 4.69) is 47.0 Å². The van der Waals surface area contributed by atoms with Crippen LogP contribution in [0.25, 0.3) is 11.2 Å². The van der Waals surface area contributed by atoms with Gasteiger partial charge in [-0.05, 0) is 12.0 Å². The van der Waals surface area contributed by atoms with Crippen LogP contribution in [0.15, 0.2) is 18.5 Å². The highest BCUT2D eigenvalue weighted by molar-refractivity contribution is 7.80. The summed E-state index contributed by atoms with van der Waals surface area (Å²) < 4.78 is 62.3. The summed E-state index contributed by atoms with van der Waals surface area (Å²) in [6.45, 7) is 4.23. The standard InChI is InChI=1S/C27H44N7O17P3S/c1-14(2)5-6-15(35)23-32-22(28)18-24(33-23)34(13-31-18)26-19(37)20(50-52(40,41)42)16(49-26)11-47-53(43,44)51-54(45,46)48-12-27(3,4)21(38)25(39)30-8-7-17(36)29-9-10-55/h5-6,13-14,16,19-21,26,37-38,55H,7-12H2,1-4H3,(H,29,36)(H,30,39)(H,43,44)(H,45,46)(H2,28,32,33)(H2,40,41,42)/t16-,19-,20-,21+,26-/m1/s1. The minimum Gasteiger partial charge on any atom is -0.386 e. The number of carbonyl (C=O) groups excluding carboxylic acids is 3. The van der Waals surface area contributed by atoms with Crippen LogP contribution in [0.4, 0.5) is 5.82 Å². The Balaban J connectivity index is 1.70. The summed E-state index contributed by atoms with van der Waals surface area (Å²) in [6.07, 6.45) is -5.57. The summed E-state index contributed by atoms with van der Waals surface area (Å²) in [5.74, 6) is -2.18. The largest absolute Gasteiger partial charge is 0.481 e. The van der Waals surface area contributed by atoms with E-state index < -0.39 is 84.4 Å². The van der Waals surface area contributed by atoms with Crippen LogP contribution >= 0.6 is 36.1 Å². The number of rotatable bonds is 21. The van der Waals surface area contributed by atoms with Gasteiger partial charge in [-0.15, -0.1) is 0 Å². The summed E-state index contributed by atoms with van der Waals surface area (Å²) in [5.41, 5.74) is 4.14. The number of hydrogen-bond donors (Lipinski definition) is 10. The number of ketones is 1. The van der Waals surface area contributed by atoms with Gasteiger partial charge in [0, 0.05) is 30.7 Å². The predicted molar refractivity (Wildman–Crippen MR) is 192 cm³/mol. The zero-order valence-corrected chi connectivity index (χ0v) is 33.3. The number of aliphatic hydroxyl groups excluding tert-OH is 2. The molecule has 10 N–H and O–H groups in total. The first kappa shape index (κ1) is 46.7. The van der Waals surface area contributed by atoms with E-state index in [1.165, 1.54) is 19.9 Å². The number of phosphoric ester groups is 3. The van der Waals surface area contributed by atoms with Gasteiger partial charge in [0.05, 0.1) is 19.5 Å². The van der Waals surface area contributed by atoms with E-state index in [1.807, 2.05) is 13.8 Å². The highest BCUT2D eigenvalue weighted by Crippen LogP contribution is 2.61. The molecule has 1 fully saturated rings. The van der Waals surface area contributed by atoms with Gasteiger partial charge < -0.3 is 50.9 Å². The zero-order chi connectivity index (χ0) is 41.5. The minimum atomic E-state index is -5.61. The van der Waals surface area contributed by atoms with Gasteiger partial charge in [0.2, 0.25) is 23.4 Å². The monoisotopic (exact) mass is 863 g/mol. The predicted octanol–water partition coefficient (Wildman–Crippen LogP) is -0.270. The highest BCUT2D eigenvalue weighted by atomic mass is 32.1. The van der Waals surface area contributed by atoms with Crippen molar-refractivity contribution in [2.75, 3.05) is 37.8 Å². The SMILES string of the molecule is CC(C)C=CC(=O)c1nc(N)c2ncn([C@@H]3O[C@H](COP(=O)(O)OP(=O)(O)OCC(C)(C)[C@@H](O)C(=O)NCCC(=O)NCCS)[C@@H](OP(=O)(O)O)[C@H]3O)c2n1. The smallest absolute Gasteiger partial charge is 0.386 e. The second-order valence-electron chi connectivity index (χ2n) is 12.9. The molecular formula is C27H44N7O17P3S. The molecule has 310 valence electrons. The first-order valence-corrected chi connectivity index (χ1v) is 21.3. The fourth-order valence-corrected chi connectivity index (χ4v) is 7.61. The number of anilines is 1. The Bertz CT molecular complexity index is 1880. The topological polar surface area (TPSA) is 364 Å². The molecule has 7 atom stereocenters. The lowest BCUT2D eigenvalue weighted by Crippen LogP contribution is -2.46. The van der Waals surface area contributed by atoms with Crippen molar-refractivity contribution in [3.05, 3.63) is 24.3 Å². The molecule has 1 aliphatic rings. The van der Waals surface area contributed by atoms with E-state index in [9.17, 15) is 57.9 Å². The number of imidazole rings is 1. The number of aliphatic hydroxyl groups is 2. The van der Waals surface area contributed by atoms with Gasteiger partial charge in [-0.2, -0.15) is 16.9 Å². The molecule has 0 saturated carbocycles. The van der Waals surface area contributed by atoms with Crippen LogP contribution in [0, 0.1) is 11.3 Å². The van der Waals surface area contributed by atoms with E-state index >= 15 is 0 Å². The van der Waals surface area contributed by atoms with Crippen molar-refractivity contribution in [1.29, 1.82) is 0 Å². The molecule has 2 aromatic rings. The number of ether oxygens (including phenoxy) is 1. The number of nitrogens with two attached hydrogens (primary N) is 1. The fourth-order valence-electron chi connectivity index (χ4n) is 4.67. The Morgan fingerprint density at radius 2 is 1.75 bits per heavy atom. The lowest BCUT2D eigenvalue weighted by atomic mass is 9.87. The quantitative estimate of drug-likeness (QED) is 0.0334. The number of nitrogen functional groups attached to an aromatic ring is 1. The van der Waals surface area contributed by atoms with Gasteiger partial charge in [0.25, 0.3) is 0 Å². The molecule has 2 amide bonds. The third kappa shape index (κ3) is 13.7. The average Bonchev–Trinajstić information content (AvgIpc) is 3.63. The molecule has 2 aromatic heterocycles. The number of amides is 2. The third-order valence-electron chi connectivity index (χ3n) is 7.43. The second kappa shape index (κ2) is 19.2. The summed E-state index contributed by atoms with van der Waals surface area (Å²) >= 11 is 3.95. The summed E-state index contributed by atoms with van der Waals surface area (Å²) in [4.78, 5) is 88.3. The third-order valence-corrected chi connectivity index (χ3v) is 10.7. The molecule has 1 aliphatic heterocycles. The lowest BCUT2D eigenvalue weighted by molar-refractivity contribution is -0.137. The fraction of sp³-hybridized carbons (Fsp3) is 0.630. The number of phosphoric acid groups is 3. The molecule has 0 aromatic carbocycles. The first-order valence-electron chi connectivity index (χ1n) is 16.2. The average molecular weight is 864 g/mol. The van der Waals surface area contributed by atoms with Crippen molar-refractivity contribution in [3.8, 4) is 0 Å². The van der Waals surface area contributed by atoms with Crippen LogP contribution in [0.5, 0.6) is 0 Å². The van der Waals surface area contributed by atoms with Crippen molar-refractivity contribution in [3.63, 3.8) is 0 Å². The molecule has 55 heavy (non-hydrogen) atoms. The maximum atomic E-state index is 12.7. The molecular weight excluding hydrogens is 819 g/mol. The van der Waals surface area contributed by atoms with Gasteiger partial charge >= 0.3 is 23.5 Å². The van der Waals surface area contributed by atoms with Gasteiger partial charge in [-0.1, -0.05) is 33.8 Å². The number of thiol groups is 1. The molecule has 0 bridgehead atoms. The van der Waals surface area contributed by atoms with Crippen LogP contribution in [-0.2, 0) is 45.9 Å². The molecule has 24 nitrogen and oxygen atoms in total. The zero-order valence-electron chi connectivity index (χ0n) is 29.8. The van der Waals surface area contributed by atoms with E-state index in [1.54, 1.807) is 6.08 Å². The lowest BCUT2D eigenvalue weighted by Gasteiger charge is -2.30. The van der Waals surface area contributed by atoms with E-state index in [0.717, 1.165) is 10.9 Å². The Morgan fingerprint density at radius 3 is 2.36 bits per heavy atom. The first-order chi connectivity index (χ1) is 25.4. The van der Waals surface area contributed by atoms with Gasteiger partial charge in [0.1, 0.15) is 29.9 Å². The van der Waals surface area contributed by atoms with Crippen molar-refractivity contribution < 1.29 is 80.5 Å². The maximum Gasteiger partial charge on any atom is 0.481 e.